The third kappa shape index (κ3) is 3.98. The number of hydrogen-bond acceptors (Lipinski definition) is 3. The molecule has 2 N–H and O–H groups in total. The van der Waals surface area contributed by atoms with Crippen LogP contribution in [0.25, 0.3) is 0 Å². The van der Waals surface area contributed by atoms with Crippen LogP contribution in [0, 0.1) is 0 Å². The van der Waals surface area contributed by atoms with Gasteiger partial charge in [0.2, 0.25) is 15.9 Å². The highest BCUT2D eigenvalue weighted by atomic mass is 35.5. The van der Waals surface area contributed by atoms with Gasteiger partial charge in [0.1, 0.15) is 0 Å². The van der Waals surface area contributed by atoms with Crippen LogP contribution in [0.2, 0.25) is 10.0 Å². The van der Waals surface area contributed by atoms with Crippen molar-refractivity contribution in [2.75, 3.05) is 5.32 Å². The molecule has 132 valence electrons. The van der Waals surface area contributed by atoms with Crippen LogP contribution < -0.4 is 10.0 Å². The lowest BCUT2D eigenvalue weighted by Crippen LogP contribution is -2.27. The Kier molecular flexibility index (Phi) is 5.06. The van der Waals surface area contributed by atoms with Crippen molar-refractivity contribution in [2.45, 2.75) is 30.7 Å². The fourth-order valence-corrected chi connectivity index (χ4v) is 4.59. The Morgan fingerprint density at radius 3 is 2.60 bits per heavy atom. The van der Waals surface area contributed by atoms with Gasteiger partial charge in [-0.25, -0.2) is 13.1 Å². The zero-order valence-corrected chi connectivity index (χ0v) is 15.7. The number of sulfonamides is 1. The second kappa shape index (κ2) is 6.96. The molecule has 0 spiro atoms. The normalized spacial score (nSPS) is 15.4. The van der Waals surface area contributed by atoms with Crippen molar-refractivity contribution in [2.24, 2.45) is 0 Å². The Labute approximate surface area is 156 Å². The number of carbonyl (C=O) groups is 1. The van der Waals surface area contributed by atoms with Crippen LogP contribution in [-0.4, -0.2) is 14.3 Å². The molecule has 25 heavy (non-hydrogen) atoms. The molecule has 0 bridgehead atoms. The highest BCUT2D eigenvalue weighted by Crippen LogP contribution is 2.29. The van der Waals surface area contributed by atoms with Gasteiger partial charge in [-0.1, -0.05) is 29.3 Å². The number of nitrogens with one attached hydrogen (secondary N) is 2. The second-order valence-electron chi connectivity index (χ2n) is 5.88. The molecule has 5 nitrogen and oxygen atoms in total. The van der Waals surface area contributed by atoms with Crippen LogP contribution in [0.5, 0.6) is 0 Å². The number of anilines is 1. The Bertz CT molecular complexity index is 945. The van der Waals surface area contributed by atoms with Gasteiger partial charge in [-0.15, -0.1) is 0 Å². The molecule has 1 unspecified atom stereocenters. The third-order valence-corrected chi connectivity index (χ3v) is 6.14. The average Bonchev–Trinajstić information content (AvgIpc) is 2.53. The Morgan fingerprint density at radius 2 is 1.88 bits per heavy atom. The van der Waals surface area contributed by atoms with Crippen molar-refractivity contribution < 1.29 is 13.2 Å². The Hall–Kier alpha value is -1.60. The smallest absolute Gasteiger partial charge is 0.241 e. The van der Waals surface area contributed by atoms with Gasteiger partial charge >= 0.3 is 0 Å². The molecule has 0 aliphatic carbocycles. The summed E-state index contributed by atoms with van der Waals surface area (Å²) in [6, 6.07) is 9.09. The van der Waals surface area contributed by atoms with E-state index in [1.54, 1.807) is 37.3 Å². The van der Waals surface area contributed by atoms with Crippen LogP contribution in [-0.2, 0) is 21.2 Å². The summed E-state index contributed by atoms with van der Waals surface area (Å²) < 4.78 is 28.0. The molecule has 3 rings (SSSR count). The maximum absolute atomic E-state index is 12.7. The van der Waals surface area contributed by atoms with Crippen LogP contribution >= 0.6 is 23.2 Å². The summed E-state index contributed by atoms with van der Waals surface area (Å²) in [4.78, 5) is 11.6. The molecule has 0 aromatic heterocycles. The van der Waals surface area contributed by atoms with Gasteiger partial charge in [0.05, 0.1) is 4.90 Å². The molecule has 2 aromatic carbocycles. The SMILES string of the molecule is CC(NS(=O)(=O)c1ccc2c(c1)CCC(=O)N2)c1ccc(Cl)cc1Cl. The first-order valence-electron chi connectivity index (χ1n) is 7.66. The highest BCUT2D eigenvalue weighted by Gasteiger charge is 2.22. The van der Waals surface area contributed by atoms with Crippen molar-refractivity contribution in [3.63, 3.8) is 0 Å². The van der Waals surface area contributed by atoms with E-state index >= 15 is 0 Å². The van der Waals surface area contributed by atoms with E-state index in [0.717, 1.165) is 5.56 Å². The van der Waals surface area contributed by atoms with Gasteiger partial charge in [-0.05, 0) is 54.8 Å². The van der Waals surface area contributed by atoms with Gasteiger partial charge in [-0.2, -0.15) is 0 Å². The van der Waals surface area contributed by atoms with Gasteiger partial charge in [0.15, 0.2) is 0 Å². The number of benzene rings is 2. The summed E-state index contributed by atoms with van der Waals surface area (Å²) in [6.07, 6.45) is 0.865. The zero-order valence-electron chi connectivity index (χ0n) is 13.3. The molecule has 0 saturated heterocycles. The van der Waals surface area contributed by atoms with E-state index in [0.29, 0.717) is 34.1 Å². The van der Waals surface area contributed by atoms with Crippen LogP contribution in [0.15, 0.2) is 41.3 Å². The molecule has 0 radical (unpaired) electrons. The first-order valence-corrected chi connectivity index (χ1v) is 9.90. The minimum absolute atomic E-state index is 0.0627. The summed E-state index contributed by atoms with van der Waals surface area (Å²) in [5.74, 6) is -0.0627. The summed E-state index contributed by atoms with van der Waals surface area (Å²) in [5, 5.41) is 3.62. The summed E-state index contributed by atoms with van der Waals surface area (Å²) >= 11 is 12.0. The molecule has 0 saturated carbocycles. The lowest BCUT2D eigenvalue weighted by molar-refractivity contribution is -0.116. The molecule has 1 aliphatic heterocycles. The number of hydrogen-bond donors (Lipinski definition) is 2. The molecular formula is C17H16Cl2N2O3S. The first-order chi connectivity index (χ1) is 11.8. The van der Waals surface area contributed by atoms with Crippen molar-refractivity contribution in [3.05, 3.63) is 57.6 Å². The number of carbonyl (C=O) groups excluding carboxylic acids is 1. The highest BCUT2D eigenvalue weighted by molar-refractivity contribution is 7.89. The molecule has 1 heterocycles. The van der Waals surface area contributed by atoms with Crippen LogP contribution in [0.4, 0.5) is 5.69 Å². The van der Waals surface area contributed by atoms with Gasteiger partial charge < -0.3 is 5.32 Å². The van der Waals surface area contributed by atoms with E-state index in [4.69, 9.17) is 23.2 Å². The lowest BCUT2D eigenvalue weighted by Gasteiger charge is -2.19. The molecule has 1 aliphatic rings. The van der Waals surface area contributed by atoms with Crippen LogP contribution in [0.3, 0.4) is 0 Å². The second-order valence-corrected chi connectivity index (χ2v) is 8.43. The fraction of sp³-hybridized carbons (Fsp3) is 0.235. The monoisotopic (exact) mass is 398 g/mol. The molecule has 2 aromatic rings. The first kappa shape index (κ1) is 18.2. The van der Waals surface area contributed by atoms with E-state index in [9.17, 15) is 13.2 Å². The minimum atomic E-state index is -3.74. The quantitative estimate of drug-likeness (QED) is 0.819. The fourth-order valence-electron chi connectivity index (χ4n) is 2.74. The van der Waals surface area contributed by atoms with Gasteiger partial charge in [0.25, 0.3) is 0 Å². The van der Waals surface area contributed by atoms with E-state index in [-0.39, 0.29) is 10.8 Å². The molecule has 0 fully saturated rings. The Balaban J connectivity index is 1.85. The Morgan fingerprint density at radius 1 is 1.12 bits per heavy atom. The summed E-state index contributed by atoms with van der Waals surface area (Å²) in [6.45, 7) is 1.71. The minimum Gasteiger partial charge on any atom is -0.326 e. The number of halogens is 2. The van der Waals surface area contributed by atoms with Crippen LogP contribution in [0.1, 0.15) is 30.5 Å². The number of fused-ring (bicyclic) bond motifs is 1. The predicted molar refractivity (Wildman–Crippen MR) is 98.6 cm³/mol. The lowest BCUT2D eigenvalue weighted by atomic mass is 10.0. The topological polar surface area (TPSA) is 75.3 Å². The number of amides is 1. The molecule has 1 amide bonds. The maximum atomic E-state index is 12.7. The van der Waals surface area contributed by atoms with Crippen molar-refractivity contribution in [1.82, 2.24) is 4.72 Å². The number of rotatable bonds is 4. The molecule has 1 atom stereocenters. The molecular weight excluding hydrogens is 383 g/mol. The van der Waals surface area contributed by atoms with Gasteiger partial charge in [-0.3, -0.25) is 4.79 Å². The van der Waals surface area contributed by atoms with E-state index < -0.39 is 16.1 Å². The van der Waals surface area contributed by atoms with Gasteiger partial charge in [0, 0.05) is 28.2 Å². The van der Waals surface area contributed by atoms with Crippen molar-refractivity contribution >= 4 is 44.8 Å². The average molecular weight is 399 g/mol. The summed E-state index contributed by atoms with van der Waals surface area (Å²) in [5.41, 5.74) is 2.10. The zero-order chi connectivity index (χ0) is 18.2. The molecule has 8 heteroatoms. The summed E-state index contributed by atoms with van der Waals surface area (Å²) in [7, 11) is -3.74. The van der Waals surface area contributed by atoms with Crippen molar-refractivity contribution in [1.29, 1.82) is 0 Å². The van der Waals surface area contributed by atoms with Crippen molar-refractivity contribution in [3.8, 4) is 0 Å². The maximum Gasteiger partial charge on any atom is 0.241 e. The predicted octanol–water partition coefficient (Wildman–Crippen LogP) is 3.92. The van der Waals surface area contributed by atoms with E-state index in [1.165, 1.54) is 6.07 Å². The van der Waals surface area contributed by atoms with E-state index in [1.807, 2.05) is 0 Å². The third-order valence-electron chi connectivity index (χ3n) is 4.04. The standard InChI is InChI=1S/C17H16Cl2N2O3S/c1-10(14-5-3-12(18)9-15(14)19)21-25(23,24)13-4-6-16-11(8-13)2-7-17(22)20-16/h3-6,8-10,21H,2,7H2,1H3,(H,20,22). The van der Waals surface area contributed by atoms with E-state index in [2.05, 4.69) is 10.0 Å². The largest absolute Gasteiger partial charge is 0.326 e. The number of aryl methyl sites for hydroxylation is 1.